The molecule has 0 saturated carbocycles. The van der Waals surface area contributed by atoms with Crippen LogP contribution in [0.25, 0.3) is 27.6 Å². The van der Waals surface area contributed by atoms with Crippen LogP contribution in [-0.4, -0.2) is 39.1 Å². The molecule has 0 aliphatic carbocycles. The van der Waals surface area contributed by atoms with E-state index in [4.69, 9.17) is 4.74 Å². The first-order chi connectivity index (χ1) is 17.6. The van der Waals surface area contributed by atoms with Crippen molar-refractivity contribution in [3.63, 3.8) is 0 Å². The van der Waals surface area contributed by atoms with E-state index in [9.17, 15) is 4.79 Å². The summed E-state index contributed by atoms with van der Waals surface area (Å²) in [4.78, 5) is 26.8. The van der Waals surface area contributed by atoms with Crippen molar-refractivity contribution in [1.29, 1.82) is 0 Å². The maximum absolute atomic E-state index is 15.2. The lowest BCUT2D eigenvalue weighted by Gasteiger charge is -2.18. The van der Waals surface area contributed by atoms with Crippen LogP contribution in [0.1, 0.15) is 24.0 Å². The van der Waals surface area contributed by atoms with Crippen LogP contribution >= 0.6 is 0 Å². The lowest BCUT2D eigenvalue weighted by Crippen LogP contribution is -2.24. The molecule has 0 bridgehead atoms. The molecular weight excluding hydrogens is 457 g/mol. The second kappa shape index (κ2) is 8.78. The van der Waals surface area contributed by atoms with Crippen LogP contribution in [0.15, 0.2) is 67.1 Å². The van der Waals surface area contributed by atoms with Gasteiger partial charge in [-0.2, -0.15) is 4.98 Å². The van der Waals surface area contributed by atoms with Gasteiger partial charge in [-0.05, 0) is 48.9 Å². The lowest BCUT2D eigenvalue weighted by molar-refractivity contribution is -0.117. The molecule has 36 heavy (non-hydrogen) atoms. The van der Waals surface area contributed by atoms with E-state index in [1.165, 1.54) is 18.1 Å². The summed E-state index contributed by atoms with van der Waals surface area (Å²) in [5.41, 5.74) is 4.50. The number of nitrogens with zero attached hydrogens (tertiary/aromatic N) is 5. The van der Waals surface area contributed by atoms with Gasteiger partial charge in [0.05, 0.1) is 35.7 Å². The van der Waals surface area contributed by atoms with Crippen molar-refractivity contribution in [3.05, 3.63) is 84.1 Å². The third-order valence-electron chi connectivity index (χ3n) is 6.20. The molecule has 176 valence electrons. The van der Waals surface area contributed by atoms with Crippen LogP contribution in [0.4, 0.5) is 10.1 Å². The van der Waals surface area contributed by atoms with Gasteiger partial charge in [-0.15, -0.1) is 0 Å². The Hall–Kier alpha value is -4.77. The van der Waals surface area contributed by atoms with Gasteiger partial charge in [0.2, 0.25) is 5.91 Å². The van der Waals surface area contributed by atoms with E-state index in [1.807, 2.05) is 30.3 Å². The van der Waals surface area contributed by atoms with E-state index in [2.05, 4.69) is 26.8 Å². The number of pyridine rings is 2. The quantitative estimate of drug-likeness (QED) is 0.354. The van der Waals surface area contributed by atoms with Crippen molar-refractivity contribution in [3.8, 4) is 23.5 Å². The Morgan fingerprint density at radius 2 is 1.92 bits per heavy atom. The Morgan fingerprint density at radius 1 is 1.03 bits per heavy atom. The number of halogens is 1. The fourth-order valence-electron chi connectivity index (χ4n) is 4.53. The molecular formula is C28H20FN5O2. The van der Waals surface area contributed by atoms with Crippen molar-refractivity contribution in [1.82, 2.24) is 19.5 Å². The number of methoxy groups -OCH3 is 1. The number of rotatable bonds is 3. The fraction of sp³-hybridized carbons (Fsp3) is 0.143. The smallest absolute Gasteiger partial charge is 0.301 e. The second-order valence-electron chi connectivity index (χ2n) is 8.43. The highest BCUT2D eigenvalue weighted by Crippen LogP contribution is 2.33. The van der Waals surface area contributed by atoms with E-state index < -0.39 is 5.82 Å². The second-order valence-corrected chi connectivity index (χ2v) is 8.43. The highest BCUT2D eigenvalue weighted by atomic mass is 19.1. The summed E-state index contributed by atoms with van der Waals surface area (Å²) in [6.07, 6.45) is 6.25. The number of fused-ring (bicyclic) bond motifs is 3. The average Bonchev–Trinajstić information content (AvgIpc) is 3.51. The highest BCUT2D eigenvalue weighted by Gasteiger charge is 2.25. The molecule has 1 saturated heterocycles. The molecule has 5 aromatic rings. The summed E-state index contributed by atoms with van der Waals surface area (Å²) < 4.78 is 22.6. The number of imidazole rings is 1. The van der Waals surface area contributed by atoms with Gasteiger partial charge in [0.15, 0.2) is 0 Å². The standard InChI is InChI=1S/C28H20FN5O2/c1-36-28-32-24-17-31-23-10-8-18(6-7-19-4-2-12-30-16-19)14-21(23)27(24)34(28)20-9-11-25(22(29)15-20)33-13-3-5-26(33)35/h2,4,8-12,14-17H,3,5,13H2,1H3. The van der Waals surface area contributed by atoms with Gasteiger partial charge in [-0.25, -0.2) is 4.39 Å². The molecule has 8 heteroatoms. The molecule has 0 N–H and O–H groups in total. The van der Waals surface area contributed by atoms with Crippen LogP contribution in [0.5, 0.6) is 6.01 Å². The van der Waals surface area contributed by atoms with E-state index in [0.29, 0.717) is 30.2 Å². The minimum absolute atomic E-state index is 0.0655. The summed E-state index contributed by atoms with van der Waals surface area (Å²) >= 11 is 0. The Balaban J connectivity index is 1.51. The third-order valence-corrected chi connectivity index (χ3v) is 6.20. The van der Waals surface area contributed by atoms with Gasteiger partial charge in [0.25, 0.3) is 0 Å². The number of hydrogen-bond donors (Lipinski definition) is 0. The minimum atomic E-state index is -0.479. The molecule has 6 rings (SSSR count). The van der Waals surface area contributed by atoms with Crippen molar-refractivity contribution in [2.24, 2.45) is 0 Å². The first-order valence-electron chi connectivity index (χ1n) is 11.5. The summed E-state index contributed by atoms with van der Waals surface area (Å²) in [6, 6.07) is 14.6. The molecule has 7 nitrogen and oxygen atoms in total. The number of anilines is 1. The molecule has 0 radical (unpaired) electrons. The molecule has 1 fully saturated rings. The summed E-state index contributed by atoms with van der Waals surface area (Å²) in [5, 5.41) is 0.806. The van der Waals surface area contributed by atoms with Crippen molar-refractivity contribution >= 4 is 33.5 Å². The highest BCUT2D eigenvalue weighted by molar-refractivity contribution is 6.04. The number of amides is 1. The molecule has 1 amide bonds. The summed E-state index contributed by atoms with van der Waals surface area (Å²) in [7, 11) is 1.52. The molecule has 3 aromatic heterocycles. The van der Waals surface area contributed by atoms with Crippen LogP contribution < -0.4 is 9.64 Å². The van der Waals surface area contributed by atoms with Gasteiger partial charge in [0, 0.05) is 47.9 Å². The molecule has 2 aromatic carbocycles. The van der Waals surface area contributed by atoms with Gasteiger partial charge in [-0.1, -0.05) is 11.8 Å². The van der Waals surface area contributed by atoms with Crippen molar-refractivity contribution < 1.29 is 13.9 Å². The van der Waals surface area contributed by atoms with Crippen molar-refractivity contribution in [2.75, 3.05) is 18.6 Å². The normalized spacial score (nSPS) is 13.3. The predicted octanol–water partition coefficient (Wildman–Crippen LogP) is 4.64. The van der Waals surface area contributed by atoms with Crippen LogP contribution in [0.3, 0.4) is 0 Å². The SMILES string of the molecule is COc1nc2cnc3ccc(C#Cc4cccnc4)cc3c2n1-c1ccc(N2CCCC2=O)c(F)c1. The van der Waals surface area contributed by atoms with Crippen molar-refractivity contribution in [2.45, 2.75) is 12.8 Å². The third kappa shape index (κ3) is 3.71. The minimum Gasteiger partial charge on any atom is -0.468 e. The summed E-state index contributed by atoms with van der Waals surface area (Å²) in [6.45, 7) is 0.519. The van der Waals surface area contributed by atoms with Gasteiger partial charge >= 0.3 is 6.01 Å². The zero-order chi connectivity index (χ0) is 24.6. The molecule has 0 unspecified atom stereocenters. The zero-order valence-electron chi connectivity index (χ0n) is 19.4. The van der Waals surface area contributed by atoms with Gasteiger partial charge in [0.1, 0.15) is 11.3 Å². The topological polar surface area (TPSA) is 73.1 Å². The van der Waals surface area contributed by atoms with E-state index >= 15 is 4.39 Å². The monoisotopic (exact) mass is 477 g/mol. The largest absolute Gasteiger partial charge is 0.468 e. The number of ether oxygens (including phenoxy) is 1. The van der Waals surface area contributed by atoms with Gasteiger partial charge in [-0.3, -0.25) is 19.3 Å². The Labute approximate surface area is 206 Å². The lowest BCUT2D eigenvalue weighted by atomic mass is 10.1. The number of carbonyl (C=O) groups excluding carboxylic acids is 1. The predicted molar refractivity (Wildman–Crippen MR) is 135 cm³/mol. The number of benzene rings is 2. The molecule has 0 spiro atoms. The van der Waals surface area contributed by atoms with E-state index in [-0.39, 0.29) is 11.6 Å². The van der Waals surface area contributed by atoms with Gasteiger partial charge < -0.3 is 9.64 Å². The molecule has 4 heterocycles. The Bertz CT molecular complexity index is 1700. The first kappa shape index (κ1) is 21.7. The maximum Gasteiger partial charge on any atom is 0.301 e. The van der Waals surface area contributed by atoms with E-state index in [0.717, 1.165) is 34.0 Å². The summed E-state index contributed by atoms with van der Waals surface area (Å²) in [5.74, 6) is 5.75. The molecule has 1 aliphatic rings. The van der Waals surface area contributed by atoms with Crippen LogP contribution in [0.2, 0.25) is 0 Å². The number of carbonyl (C=O) groups is 1. The Kier molecular flexibility index (Phi) is 5.30. The van der Waals surface area contributed by atoms with Crippen LogP contribution in [0, 0.1) is 17.7 Å². The zero-order valence-corrected chi connectivity index (χ0v) is 19.4. The Morgan fingerprint density at radius 3 is 2.67 bits per heavy atom. The first-order valence-corrected chi connectivity index (χ1v) is 11.5. The fourth-order valence-corrected chi connectivity index (χ4v) is 4.53. The average molecular weight is 477 g/mol. The number of aromatic nitrogens is 4. The number of hydrogen-bond acceptors (Lipinski definition) is 5. The maximum atomic E-state index is 15.2. The van der Waals surface area contributed by atoms with E-state index in [1.54, 1.807) is 35.3 Å². The van der Waals surface area contributed by atoms with Crippen LogP contribution in [-0.2, 0) is 4.79 Å². The molecule has 1 aliphatic heterocycles. The molecule has 0 atom stereocenters.